The molecule has 136 valence electrons. The van der Waals surface area contributed by atoms with Crippen LogP contribution in [0.15, 0.2) is 42.5 Å². The molecule has 0 radical (unpaired) electrons. The fourth-order valence-corrected chi connectivity index (χ4v) is 4.14. The Bertz CT molecular complexity index is 893. The number of aryl methyl sites for hydroxylation is 1. The largest absolute Gasteiger partial charge is 0.356 e. The fraction of sp³-hybridized carbons (Fsp3) is 0.364. The predicted octanol–water partition coefficient (Wildman–Crippen LogP) is 4.90. The Hall–Kier alpha value is -2.20. The van der Waals surface area contributed by atoms with E-state index in [9.17, 15) is 4.79 Å². The van der Waals surface area contributed by atoms with E-state index in [2.05, 4.69) is 61.6 Å². The maximum absolute atomic E-state index is 12.2. The second kappa shape index (κ2) is 8.45. The highest BCUT2D eigenvalue weighted by atomic mass is 32.1. The van der Waals surface area contributed by atoms with Gasteiger partial charge in [0, 0.05) is 17.8 Å². The van der Waals surface area contributed by atoms with Gasteiger partial charge in [0.1, 0.15) is 0 Å². The van der Waals surface area contributed by atoms with Crippen LogP contribution in [0.2, 0.25) is 0 Å². The Morgan fingerprint density at radius 1 is 1.15 bits per heavy atom. The third-order valence-electron chi connectivity index (χ3n) is 4.52. The molecule has 0 aliphatic carbocycles. The second-order valence-corrected chi connectivity index (χ2v) is 8.31. The van der Waals surface area contributed by atoms with Crippen molar-refractivity contribution < 1.29 is 4.79 Å². The number of carbonyl (C=O) groups is 1. The molecule has 0 aliphatic rings. The number of nitrogens with zero attached hydrogens (tertiary/aromatic N) is 1. The minimum absolute atomic E-state index is 0.0918. The predicted molar refractivity (Wildman–Crippen MR) is 110 cm³/mol. The van der Waals surface area contributed by atoms with Crippen molar-refractivity contribution in [2.45, 2.75) is 40.0 Å². The first-order valence-corrected chi connectivity index (χ1v) is 10.0. The van der Waals surface area contributed by atoms with Crippen LogP contribution in [0.3, 0.4) is 0 Å². The van der Waals surface area contributed by atoms with E-state index in [1.54, 1.807) is 11.3 Å². The number of rotatable bonds is 7. The minimum Gasteiger partial charge on any atom is -0.356 e. The molecule has 0 aliphatic heterocycles. The molecule has 1 heterocycles. The highest BCUT2D eigenvalue weighted by Crippen LogP contribution is 2.25. The maximum Gasteiger partial charge on any atom is 0.225 e. The highest BCUT2D eigenvalue weighted by Gasteiger charge is 2.13. The number of hydrogen-bond acceptors (Lipinski definition) is 3. The molecule has 0 fully saturated rings. The highest BCUT2D eigenvalue weighted by molar-refractivity contribution is 7.11. The molecule has 0 saturated carbocycles. The monoisotopic (exact) mass is 366 g/mol. The molecule has 0 bridgehead atoms. The molecule has 4 heteroatoms. The van der Waals surface area contributed by atoms with E-state index in [-0.39, 0.29) is 5.91 Å². The number of aromatic nitrogens is 1. The van der Waals surface area contributed by atoms with Gasteiger partial charge < -0.3 is 5.32 Å². The van der Waals surface area contributed by atoms with Crippen molar-refractivity contribution in [1.82, 2.24) is 10.3 Å². The molecule has 3 nitrogen and oxygen atoms in total. The van der Waals surface area contributed by atoms with Gasteiger partial charge in [0.25, 0.3) is 0 Å². The first-order chi connectivity index (χ1) is 12.5. The number of hydrogen-bond donors (Lipinski definition) is 1. The SMILES string of the molecule is Cc1nc(Cc2cccc3ccccc23)sc1CC(=O)NCCC(C)C. The van der Waals surface area contributed by atoms with Gasteiger partial charge in [-0.2, -0.15) is 0 Å². The van der Waals surface area contributed by atoms with Crippen LogP contribution in [0.1, 0.15) is 41.4 Å². The average Bonchev–Trinajstić information content (AvgIpc) is 2.94. The third-order valence-corrected chi connectivity index (χ3v) is 5.68. The molecule has 3 aromatic rings. The van der Waals surface area contributed by atoms with Crippen molar-refractivity contribution >= 4 is 28.0 Å². The lowest BCUT2D eigenvalue weighted by Crippen LogP contribution is -2.26. The van der Waals surface area contributed by atoms with E-state index in [0.717, 1.165) is 35.0 Å². The summed E-state index contributed by atoms with van der Waals surface area (Å²) in [6, 6.07) is 14.8. The molecule has 0 unspecified atom stereocenters. The Kier molecular flexibility index (Phi) is 6.04. The molecular formula is C22H26N2OS. The molecule has 1 aromatic heterocycles. The summed E-state index contributed by atoms with van der Waals surface area (Å²) in [5.74, 6) is 0.696. The van der Waals surface area contributed by atoms with E-state index in [1.807, 2.05) is 6.92 Å². The number of nitrogens with one attached hydrogen (secondary N) is 1. The van der Waals surface area contributed by atoms with Crippen LogP contribution in [0.5, 0.6) is 0 Å². The molecule has 1 amide bonds. The molecule has 3 rings (SSSR count). The molecule has 1 N–H and O–H groups in total. The lowest BCUT2D eigenvalue weighted by atomic mass is 10.0. The summed E-state index contributed by atoms with van der Waals surface area (Å²) in [6.07, 6.45) is 2.25. The van der Waals surface area contributed by atoms with Gasteiger partial charge in [-0.15, -0.1) is 11.3 Å². The van der Waals surface area contributed by atoms with Gasteiger partial charge in [-0.1, -0.05) is 56.3 Å². The summed E-state index contributed by atoms with van der Waals surface area (Å²) < 4.78 is 0. The lowest BCUT2D eigenvalue weighted by molar-refractivity contribution is -0.120. The van der Waals surface area contributed by atoms with Gasteiger partial charge in [0.05, 0.1) is 17.1 Å². The number of benzene rings is 2. The average molecular weight is 367 g/mol. The Labute approximate surface area is 159 Å². The lowest BCUT2D eigenvalue weighted by Gasteiger charge is -2.06. The zero-order chi connectivity index (χ0) is 18.5. The quantitative estimate of drug-likeness (QED) is 0.646. The van der Waals surface area contributed by atoms with Crippen LogP contribution in [0.25, 0.3) is 10.8 Å². The van der Waals surface area contributed by atoms with Gasteiger partial charge in [-0.25, -0.2) is 4.98 Å². The van der Waals surface area contributed by atoms with Crippen LogP contribution in [0, 0.1) is 12.8 Å². The van der Waals surface area contributed by atoms with Gasteiger partial charge >= 0.3 is 0 Å². The normalized spacial score (nSPS) is 11.2. The van der Waals surface area contributed by atoms with Crippen molar-refractivity contribution in [3.63, 3.8) is 0 Å². The van der Waals surface area contributed by atoms with Gasteiger partial charge in [0.2, 0.25) is 5.91 Å². The van der Waals surface area contributed by atoms with Crippen LogP contribution >= 0.6 is 11.3 Å². The van der Waals surface area contributed by atoms with Crippen LogP contribution < -0.4 is 5.32 Å². The van der Waals surface area contributed by atoms with E-state index in [0.29, 0.717) is 12.3 Å². The van der Waals surface area contributed by atoms with Crippen LogP contribution in [0.4, 0.5) is 0 Å². The van der Waals surface area contributed by atoms with Crippen molar-refractivity contribution in [1.29, 1.82) is 0 Å². The van der Waals surface area contributed by atoms with E-state index < -0.39 is 0 Å². The fourth-order valence-electron chi connectivity index (χ4n) is 3.05. The molecule has 26 heavy (non-hydrogen) atoms. The number of amides is 1. The summed E-state index contributed by atoms with van der Waals surface area (Å²) in [5.41, 5.74) is 2.26. The molecule has 0 saturated heterocycles. The summed E-state index contributed by atoms with van der Waals surface area (Å²) in [5, 5.41) is 6.61. The second-order valence-electron chi connectivity index (χ2n) is 7.14. The molecule has 2 aromatic carbocycles. The van der Waals surface area contributed by atoms with Gasteiger partial charge in [-0.05, 0) is 35.6 Å². The number of carbonyl (C=O) groups excluding carboxylic acids is 1. The van der Waals surface area contributed by atoms with E-state index in [1.165, 1.54) is 16.3 Å². The van der Waals surface area contributed by atoms with Crippen molar-refractivity contribution in [2.75, 3.05) is 6.54 Å². The summed E-state index contributed by atoms with van der Waals surface area (Å²) >= 11 is 1.66. The third kappa shape index (κ3) is 4.70. The van der Waals surface area contributed by atoms with Gasteiger partial charge in [-0.3, -0.25) is 4.79 Å². The van der Waals surface area contributed by atoms with Crippen molar-refractivity contribution in [3.05, 3.63) is 63.6 Å². The molecular weight excluding hydrogens is 340 g/mol. The summed E-state index contributed by atoms with van der Waals surface area (Å²) in [6.45, 7) is 7.08. The Morgan fingerprint density at radius 3 is 2.73 bits per heavy atom. The van der Waals surface area contributed by atoms with Crippen LogP contribution in [-0.4, -0.2) is 17.4 Å². The van der Waals surface area contributed by atoms with Gasteiger partial charge in [0.15, 0.2) is 0 Å². The van der Waals surface area contributed by atoms with Crippen LogP contribution in [-0.2, 0) is 17.6 Å². The number of fused-ring (bicyclic) bond motifs is 1. The minimum atomic E-state index is 0.0918. The Balaban J connectivity index is 1.69. The first-order valence-electron chi connectivity index (χ1n) is 9.21. The topological polar surface area (TPSA) is 42.0 Å². The molecule has 0 spiro atoms. The van der Waals surface area contributed by atoms with E-state index in [4.69, 9.17) is 4.98 Å². The Morgan fingerprint density at radius 2 is 1.92 bits per heavy atom. The summed E-state index contributed by atoms with van der Waals surface area (Å²) in [4.78, 5) is 17.9. The molecule has 0 atom stereocenters. The maximum atomic E-state index is 12.2. The van der Waals surface area contributed by atoms with E-state index >= 15 is 0 Å². The zero-order valence-electron chi connectivity index (χ0n) is 15.7. The van der Waals surface area contributed by atoms with Crippen molar-refractivity contribution in [2.24, 2.45) is 5.92 Å². The van der Waals surface area contributed by atoms with Crippen molar-refractivity contribution in [3.8, 4) is 0 Å². The zero-order valence-corrected chi connectivity index (χ0v) is 16.5. The summed E-state index contributed by atoms with van der Waals surface area (Å²) in [7, 11) is 0. The smallest absolute Gasteiger partial charge is 0.225 e. The first kappa shape index (κ1) is 18.6. The standard InChI is InChI=1S/C22H26N2OS/c1-15(2)11-12-23-21(25)14-20-16(3)24-22(26-20)13-18-9-6-8-17-7-4-5-10-19(17)18/h4-10,15H,11-14H2,1-3H3,(H,23,25). The number of thiazole rings is 1.